The van der Waals surface area contributed by atoms with Gasteiger partial charge < -0.3 is 15.0 Å². The highest BCUT2D eigenvalue weighted by Gasteiger charge is 2.15. The Hall–Kier alpha value is -1.14. The van der Waals surface area contributed by atoms with Gasteiger partial charge in [-0.15, -0.1) is 0 Å². The van der Waals surface area contributed by atoms with Gasteiger partial charge in [-0.25, -0.2) is 0 Å². The summed E-state index contributed by atoms with van der Waals surface area (Å²) in [6, 6.07) is 0. The van der Waals surface area contributed by atoms with Gasteiger partial charge in [-0.05, 0) is 25.9 Å². The van der Waals surface area contributed by atoms with Crippen molar-refractivity contribution in [1.29, 1.82) is 0 Å². The first-order valence-corrected chi connectivity index (χ1v) is 6.87. The smallest absolute Gasteiger partial charge is 0.305 e. The molecule has 0 atom stereocenters. The van der Waals surface area contributed by atoms with Crippen molar-refractivity contribution in [2.24, 2.45) is 0 Å². The second kappa shape index (κ2) is 8.87. The van der Waals surface area contributed by atoms with E-state index in [0.717, 1.165) is 32.6 Å². The highest BCUT2D eigenvalue weighted by atomic mass is 16.5. The maximum atomic E-state index is 12.0. The van der Waals surface area contributed by atoms with E-state index in [4.69, 9.17) is 0 Å². The van der Waals surface area contributed by atoms with E-state index in [0.29, 0.717) is 25.9 Å². The second-order valence-electron chi connectivity index (χ2n) is 4.87. The van der Waals surface area contributed by atoms with E-state index in [1.807, 2.05) is 0 Å². The summed E-state index contributed by atoms with van der Waals surface area (Å²) in [4.78, 5) is 26.9. The number of nitrogens with zero attached hydrogens (tertiary/aromatic N) is 2. The Labute approximate surface area is 115 Å². The van der Waals surface area contributed by atoms with Crippen LogP contribution in [0.5, 0.6) is 0 Å². The summed E-state index contributed by atoms with van der Waals surface area (Å²) < 4.78 is 4.57. The minimum atomic E-state index is -0.223. The van der Waals surface area contributed by atoms with E-state index < -0.39 is 0 Å². The maximum absolute atomic E-state index is 12.0. The van der Waals surface area contributed by atoms with Crippen molar-refractivity contribution in [3.05, 3.63) is 0 Å². The lowest BCUT2D eigenvalue weighted by molar-refractivity contribution is -0.141. The molecule has 0 aromatic carbocycles. The largest absolute Gasteiger partial charge is 0.469 e. The van der Waals surface area contributed by atoms with Gasteiger partial charge in [-0.2, -0.15) is 0 Å². The number of nitrogens with one attached hydrogen (secondary N) is 1. The lowest BCUT2D eigenvalue weighted by Gasteiger charge is -2.23. The van der Waals surface area contributed by atoms with Gasteiger partial charge in [-0.3, -0.25) is 14.5 Å². The number of hydrogen-bond donors (Lipinski definition) is 1. The van der Waals surface area contributed by atoms with Crippen LogP contribution in [0.2, 0.25) is 0 Å². The van der Waals surface area contributed by atoms with Crippen LogP contribution in [0.4, 0.5) is 0 Å². The van der Waals surface area contributed by atoms with Gasteiger partial charge in [0.25, 0.3) is 0 Å². The molecule has 0 unspecified atom stereocenters. The first-order chi connectivity index (χ1) is 9.13. The third kappa shape index (κ3) is 6.54. The van der Waals surface area contributed by atoms with E-state index >= 15 is 0 Å². The first kappa shape index (κ1) is 15.9. The Morgan fingerprint density at radius 1 is 1.32 bits per heavy atom. The molecule has 1 rings (SSSR count). The van der Waals surface area contributed by atoms with E-state index in [-0.39, 0.29) is 11.9 Å². The molecule has 6 heteroatoms. The fourth-order valence-corrected chi connectivity index (χ4v) is 2.06. The quantitative estimate of drug-likeness (QED) is 0.672. The Kier molecular flexibility index (Phi) is 7.43. The molecule has 0 aliphatic carbocycles. The number of esters is 1. The molecular weight excluding hydrogens is 246 g/mol. The van der Waals surface area contributed by atoms with Crippen molar-refractivity contribution in [1.82, 2.24) is 15.1 Å². The van der Waals surface area contributed by atoms with Gasteiger partial charge >= 0.3 is 5.97 Å². The van der Waals surface area contributed by atoms with Crippen LogP contribution in [-0.4, -0.2) is 75.1 Å². The normalized spacial score (nSPS) is 16.7. The van der Waals surface area contributed by atoms with Crippen molar-refractivity contribution in [2.45, 2.75) is 19.3 Å². The number of hydrogen-bond acceptors (Lipinski definition) is 5. The molecule has 1 N–H and O–H groups in total. The lowest BCUT2D eigenvalue weighted by Crippen LogP contribution is -2.40. The standard InChI is InChI=1S/C13H25N3O3/c1-15(8-3-5-13(18)19-2)12(17)11-16-9-4-6-14-7-10-16/h14H,3-11H2,1-2H3. The molecule has 6 nitrogen and oxygen atoms in total. The van der Waals surface area contributed by atoms with Gasteiger partial charge in [0.05, 0.1) is 13.7 Å². The molecule has 1 aliphatic heterocycles. The van der Waals surface area contributed by atoms with Crippen molar-refractivity contribution in [2.75, 3.05) is 53.4 Å². The van der Waals surface area contributed by atoms with Gasteiger partial charge in [0.2, 0.25) is 5.91 Å². The van der Waals surface area contributed by atoms with E-state index in [1.54, 1.807) is 11.9 Å². The predicted molar refractivity (Wildman–Crippen MR) is 72.8 cm³/mol. The Bertz CT molecular complexity index is 289. The van der Waals surface area contributed by atoms with Crippen LogP contribution in [-0.2, 0) is 14.3 Å². The average molecular weight is 271 g/mol. The summed E-state index contributed by atoms with van der Waals surface area (Å²) in [6.45, 7) is 4.92. The number of amides is 1. The van der Waals surface area contributed by atoms with Crippen LogP contribution in [0.15, 0.2) is 0 Å². The Morgan fingerprint density at radius 2 is 2.11 bits per heavy atom. The number of likely N-dealkylation sites (N-methyl/N-ethyl adjacent to an activating group) is 1. The number of rotatable bonds is 6. The molecule has 0 bridgehead atoms. The molecule has 0 saturated carbocycles. The summed E-state index contributed by atoms with van der Waals surface area (Å²) in [5.41, 5.74) is 0. The molecule has 110 valence electrons. The minimum Gasteiger partial charge on any atom is -0.469 e. The summed E-state index contributed by atoms with van der Waals surface area (Å²) >= 11 is 0. The van der Waals surface area contributed by atoms with Crippen LogP contribution < -0.4 is 5.32 Å². The Morgan fingerprint density at radius 3 is 2.84 bits per heavy atom. The fraction of sp³-hybridized carbons (Fsp3) is 0.846. The van der Waals surface area contributed by atoms with Crippen molar-refractivity contribution >= 4 is 11.9 Å². The SMILES string of the molecule is COC(=O)CCCN(C)C(=O)CN1CCCNCC1. The predicted octanol–water partition coefficient (Wildman–Crippen LogP) is -0.307. The molecule has 1 saturated heterocycles. The molecule has 0 spiro atoms. The number of carbonyl (C=O) groups is 2. The van der Waals surface area contributed by atoms with Crippen molar-refractivity contribution in [3.8, 4) is 0 Å². The molecule has 1 aliphatic rings. The second-order valence-corrected chi connectivity index (χ2v) is 4.87. The number of carbonyl (C=O) groups excluding carboxylic acids is 2. The highest BCUT2D eigenvalue weighted by Crippen LogP contribution is 1.99. The first-order valence-electron chi connectivity index (χ1n) is 6.87. The third-order valence-corrected chi connectivity index (χ3v) is 3.32. The van der Waals surface area contributed by atoms with Crippen LogP contribution in [0.3, 0.4) is 0 Å². The zero-order valence-electron chi connectivity index (χ0n) is 12.0. The molecule has 1 amide bonds. The minimum absolute atomic E-state index is 0.117. The molecule has 0 radical (unpaired) electrons. The maximum Gasteiger partial charge on any atom is 0.305 e. The molecule has 1 fully saturated rings. The van der Waals surface area contributed by atoms with Crippen LogP contribution in [0, 0.1) is 0 Å². The number of methoxy groups -OCH3 is 1. The lowest BCUT2D eigenvalue weighted by atomic mass is 10.3. The summed E-state index contributed by atoms with van der Waals surface area (Å²) in [5.74, 6) is -0.105. The van der Waals surface area contributed by atoms with Crippen LogP contribution in [0.1, 0.15) is 19.3 Å². The topological polar surface area (TPSA) is 61.9 Å². The van der Waals surface area contributed by atoms with Gasteiger partial charge in [0, 0.05) is 33.1 Å². The monoisotopic (exact) mass is 271 g/mol. The highest BCUT2D eigenvalue weighted by molar-refractivity contribution is 5.78. The summed E-state index contributed by atoms with van der Waals surface area (Å²) in [7, 11) is 3.17. The zero-order chi connectivity index (χ0) is 14.1. The summed E-state index contributed by atoms with van der Waals surface area (Å²) in [6.07, 6.45) is 2.09. The fourth-order valence-electron chi connectivity index (χ4n) is 2.06. The average Bonchev–Trinajstić information content (AvgIpc) is 2.66. The van der Waals surface area contributed by atoms with Crippen molar-refractivity contribution < 1.29 is 14.3 Å². The van der Waals surface area contributed by atoms with Gasteiger partial charge in [0.15, 0.2) is 0 Å². The molecular formula is C13H25N3O3. The third-order valence-electron chi connectivity index (χ3n) is 3.32. The molecule has 19 heavy (non-hydrogen) atoms. The molecule has 1 heterocycles. The molecule has 0 aromatic rings. The van der Waals surface area contributed by atoms with Gasteiger partial charge in [0.1, 0.15) is 0 Å². The van der Waals surface area contributed by atoms with E-state index in [9.17, 15) is 9.59 Å². The van der Waals surface area contributed by atoms with Gasteiger partial charge in [-0.1, -0.05) is 0 Å². The molecule has 0 aromatic heterocycles. The van der Waals surface area contributed by atoms with Crippen LogP contribution in [0.25, 0.3) is 0 Å². The Balaban J connectivity index is 2.21. The van der Waals surface area contributed by atoms with Crippen LogP contribution >= 0.6 is 0 Å². The van der Waals surface area contributed by atoms with E-state index in [2.05, 4.69) is 15.0 Å². The van der Waals surface area contributed by atoms with Crippen molar-refractivity contribution in [3.63, 3.8) is 0 Å². The number of ether oxygens (including phenoxy) is 1. The van der Waals surface area contributed by atoms with E-state index in [1.165, 1.54) is 7.11 Å². The summed E-state index contributed by atoms with van der Waals surface area (Å²) in [5, 5.41) is 3.31. The zero-order valence-corrected chi connectivity index (χ0v) is 12.0.